The molecule has 1 unspecified atom stereocenters. The zero-order valence-corrected chi connectivity index (χ0v) is 14.4. The highest BCUT2D eigenvalue weighted by molar-refractivity contribution is 7.89. The van der Waals surface area contributed by atoms with Gasteiger partial charge in [0.25, 0.3) is 0 Å². The van der Waals surface area contributed by atoms with Gasteiger partial charge in [-0.3, -0.25) is 9.48 Å². The van der Waals surface area contributed by atoms with Crippen molar-refractivity contribution in [2.45, 2.75) is 36.7 Å². The molecule has 0 saturated heterocycles. The summed E-state index contributed by atoms with van der Waals surface area (Å²) in [4.78, 5) is 13.3. The average Bonchev–Trinajstić information content (AvgIpc) is 3.04. The minimum atomic E-state index is -3.81. The second-order valence-electron chi connectivity index (χ2n) is 5.36. The van der Waals surface area contributed by atoms with E-state index >= 15 is 0 Å². The number of aryl methyl sites for hydroxylation is 1. The minimum Gasteiger partial charge on any atom is -0.348 e. The van der Waals surface area contributed by atoms with E-state index in [1.165, 1.54) is 15.8 Å². The lowest BCUT2D eigenvalue weighted by Crippen LogP contribution is -2.33. The van der Waals surface area contributed by atoms with E-state index in [2.05, 4.69) is 10.4 Å². The number of aromatic nitrogens is 2. The molecule has 0 aliphatic heterocycles. The maximum Gasteiger partial charge on any atom is 0.242 e. The van der Waals surface area contributed by atoms with E-state index in [1.54, 1.807) is 11.3 Å². The van der Waals surface area contributed by atoms with E-state index in [4.69, 9.17) is 16.7 Å². The molecule has 0 bridgehead atoms. The summed E-state index contributed by atoms with van der Waals surface area (Å²) in [6.45, 7) is -0.0702. The number of nitrogens with zero attached hydrogens (tertiary/aromatic N) is 2. The number of amides is 1. The summed E-state index contributed by atoms with van der Waals surface area (Å²) in [6, 6.07) is 1.84. The molecule has 1 amide bonds. The van der Waals surface area contributed by atoms with Crippen LogP contribution in [0.3, 0.4) is 0 Å². The van der Waals surface area contributed by atoms with E-state index < -0.39 is 10.0 Å². The fourth-order valence-corrected chi connectivity index (χ4v) is 4.48. The highest BCUT2D eigenvalue weighted by Gasteiger charge is 2.24. The highest BCUT2D eigenvalue weighted by atomic mass is 35.5. The van der Waals surface area contributed by atoms with E-state index in [1.807, 2.05) is 6.07 Å². The van der Waals surface area contributed by atoms with Crippen molar-refractivity contribution in [3.8, 4) is 0 Å². The topological polar surface area (TPSA) is 107 Å². The Kier molecular flexibility index (Phi) is 4.45. The summed E-state index contributed by atoms with van der Waals surface area (Å²) in [7, 11) is -3.81. The van der Waals surface area contributed by atoms with Gasteiger partial charge in [0, 0.05) is 11.1 Å². The molecule has 3 N–H and O–H groups in total. The fourth-order valence-electron chi connectivity index (χ4n) is 2.64. The van der Waals surface area contributed by atoms with Crippen molar-refractivity contribution in [3.05, 3.63) is 33.2 Å². The SMILES string of the molecule is NS(=O)(=O)c1cnn(CC(=O)NC2CCCc3sc(Cl)cc32)c1. The third-order valence-corrected chi connectivity index (χ3v) is 5.87. The number of carbonyl (C=O) groups is 1. The summed E-state index contributed by atoms with van der Waals surface area (Å²) >= 11 is 7.60. The molecule has 10 heteroatoms. The van der Waals surface area contributed by atoms with Crippen LogP contribution >= 0.6 is 22.9 Å². The second kappa shape index (κ2) is 6.23. The van der Waals surface area contributed by atoms with Crippen LogP contribution in [0.25, 0.3) is 0 Å². The lowest BCUT2D eigenvalue weighted by atomic mass is 9.94. The summed E-state index contributed by atoms with van der Waals surface area (Å²) < 4.78 is 24.4. The molecule has 1 aliphatic rings. The van der Waals surface area contributed by atoms with Gasteiger partial charge in [-0.25, -0.2) is 13.6 Å². The van der Waals surface area contributed by atoms with E-state index in [0.29, 0.717) is 0 Å². The van der Waals surface area contributed by atoms with Crippen molar-refractivity contribution in [2.75, 3.05) is 0 Å². The molecule has 1 aliphatic carbocycles. The van der Waals surface area contributed by atoms with E-state index in [0.717, 1.165) is 35.4 Å². The highest BCUT2D eigenvalue weighted by Crippen LogP contribution is 2.37. The first kappa shape index (κ1) is 16.4. The van der Waals surface area contributed by atoms with Crippen LogP contribution < -0.4 is 10.5 Å². The van der Waals surface area contributed by atoms with Gasteiger partial charge in [0.15, 0.2) is 0 Å². The molecule has 0 radical (unpaired) electrons. The molecule has 0 saturated carbocycles. The Morgan fingerprint density at radius 1 is 1.57 bits per heavy atom. The number of sulfonamides is 1. The Balaban J connectivity index is 1.67. The number of halogens is 1. The molecule has 1 atom stereocenters. The van der Waals surface area contributed by atoms with Gasteiger partial charge in [0.2, 0.25) is 15.9 Å². The Morgan fingerprint density at radius 3 is 3.04 bits per heavy atom. The zero-order chi connectivity index (χ0) is 16.6. The van der Waals surface area contributed by atoms with Gasteiger partial charge in [0.05, 0.1) is 16.6 Å². The maximum absolute atomic E-state index is 12.2. The number of thiophene rings is 1. The molecule has 0 fully saturated rings. The Hall–Kier alpha value is -1.42. The second-order valence-corrected chi connectivity index (χ2v) is 8.69. The molecule has 23 heavy (non-hydrogen) atoms. The third-order valence-electron chi connectivity index (χ3n) is 3.66. The average molecular weight is 375 g/mol. The third kappa shape index (κ3) is 3.74. The van der Waals surface area contributed by atoms with Gasteiger partial charge < -0.3 is 5.32 Å². The number of rotatable bonds is 4. The Morgan fingerprint density at radius 2 is 2.35 bits per heavy atom. The normalized spacial score (nSPS) is 17.7. The van der Waals surface area contributed by atoms with Gasteiger partial charge >= 0.3 is 0 Å². The van der Waals surface area contributed by atoms with Crippen LogP contribution in [0.4, 0.5) is 0 Å². The minimum absolute atomic E-state index is 0.0664. The molecule has 3 rings (SSSR count). The number of hydrogen-bond donors (Lipinski definition) is 2. The van der Waals surface area contributed by atoms with Crippen LogP contribution in [-0.4, -0.2) is 24.1 Å². The smallest absolute Gasteiger partial charge is 0.242 e. The first-order chi connectivity index (χ1) is 10.8. The maximum atomic E-state index is 12.2. The van der Waals surface area contributed by atoms with E-state index in [-0.39, 0.29) is 23.4 Å². The predicted molar refractivity (Wildman–Crippen MR) is 86.8 cm³/mol. The summed E-state index contributed by atoms with van der Waals surface area (Å²) in [6.07, 6.45) is 5.19. The number of fused-ring (bicyclic) bond motifs is 1. The molecular weight excluding hydrogens is 360 g/mol. The van der Waals surface area contributed by atoms with Crippen LogP contribution in [-0.2, 0) is 27.8 Å². The van der Waals surface area contributed by atoms with Crippen molar-refractivity contribution in [1.82, 2.24) is 15.1 Å². The number of hydrogen-bond acceptors (Lipinski definition) is 5. The summed E-state index contributed by atoms with van der Waals surface area (Å²) in [5.74, 6) is -0.241. The molecule has 2 aromatic heterocycles. The van der Waals surface area contributed by atoms with E-state index in [9.17, 15) is 13.2 Å². The quantitative estimate of drug-likeness (QED) is 0.844. The van der Waals surface area contributed by atoms with Gasteiger partial charge in [-0.05, 0) is 30.9 Å². The van der Waals surface area contributed by atoms with Crippen LogP contribution in [0.2, 0.25) is 4.34 Å². The van der Waals surface area contributed by atoms with Gasteiger partial charge in [0.1, 0.15) is 11.4 Å². The van der Waals surface area contributed by atoms with Gasteiger partial charge in [-0.2, -0.15) is 5.10 Å². The number of nitrogens with two attached hydrogens (primary N) is 1. The molecule has 0 aromatic carbocycles. The standard InChI is InChI=1S/C13H15ClN4O3S2/c14-12-4-9-10(2-1-3-11(9)22-12)17-13(19)7-18-6-8(5-16-18)23(15,20)21/h4-6,10H,1-3,7H2,(H,17,19)(H2,15,20,21). The molecule has 124 valence electrons. The van der Waals surface area contributed by atoms with Gasteiger partial charge in [-0.1, -0.05) is 11.6 Å². The number of primary sulfonamides is 1. The van der Waals surface area contributed by atoms with Crippen molar-refractivity contribution in [1.29, 1.82) is 0 Å². The Bertz CT molecular complexity index is 843. The molecule has 2 heterocycles. The number of nitrogens with one attached hydrogen (secondary N) is 1. The lowest BCUT2D eigenvalue weighted by Gasteiger charge is -2.23. The van der Waals surface area contributed by atoms with Crippen molar-refractivity contribution < 1.29 is 13.2 Å². The molecule has 2 aromatic rings. The fraction of sp³-hybridized carbons (Fsp3) is 0.385. The first-order valence-electron chi connectivity index (χ1n) is 6.95. The zero-order valence-electron chi connectivity index (χ0n) is 12.0. The van der Waals surface area contributed by atoms with Crippen molar-refractivity contribution in [3.63, 3.8) is 0 Å². The van der Waals surface area contributed by atoms with Crippen LogP contribution in [0.15, 0.2) is 23.4 Å². The van der Waals surface area contributed by atoms with Crippen LogP contribution in [0.5, 0.6) is 0 Å². The Labute approximate surface area is 142 Å². The summed E-state index contributed by atoms with van der Waals surface area (Å²) in [5, 5.41) is 11.8. The van der Waals surface area contributed by atoms with Crippen LogP contribution in [0, 0.1) is 0 Å². The number of carbonyl (C=O) groups excluding carboxylic acids is 1. The lowest BCUT2D eigenvalue weighted by molar-refractivity contribution is -0.122. The van der Waals surface area contributed by atoms with Gasteiger partial charge in [-0.15, -0.1) is 11.3 Å². The monoisotopic (exact) mass is 374 g/mol. The molecule has 0 spiro atoms. The largest absolute Gasteiger partial charge is 0.348 e. The first-order valence-corrected chi connectivity index (χ1v) is 9.70. The van der Waals surface area contributed by atoms with Crippen molar-refractivity contribution in [2.24, 2.45) is 5.14 Å². The van der Waals surface area contributed by atoms with Crippen LogP contribution in [0.1, 0.15) is 29.3 Å². The molecular formula is C13H15ClN4O3S2. The summed E-state index contributed by atoms with van der Waals surface area (Å²) in [5.41, 5.74) is 1.07. The molecule has 7 nitrogen and oxygen atoms in total. The van der Waals surface area contributed by atoms with Crippen molar-refractivity contribution >= 4 is 38.9 Å². The predicted octanol–water partition coefficient (Wildman–Crippen LogP) is 1.44.